The zero-order chi connectivity index (χ0) is 26.0. The fourth-order valence-corrected chi connectivity index (χ4v) is 4.67. The molecule has 0 saturated heterocycles. The van der Waals surface area contributed by atoms with Crippen LogP contribution in [0.25, 0.3) is 22.5 Å². The van der Waals surface area contributed by atoms with Gasteiger partial charge >= 0.3 is 5.97 Å². The number of allylic oxidation sites excluding steroid dienone is 1. The van der Waals surface area contributed by atoms with E-state index in [-0.39, 0.29) is 0 Å². The van der Waals surface area contributed by atoms with Crippen LogP contribution in [0.5, 0.6) is 0 Å². The molecule has 0 unspecified atom stereocenters. The summed E-state index contributed by atoms with van der Waals surface area (Å²) in [5.74, 6) is 6.20. The zero-order valence-corrected chi connectivity index (χ0v) is 20.7. The smallest absolute Gasteiger partial charge is 0.314 e. The highest BCUT2D eigenvalue weighted by Crippen LogP contribution is 2.48. The molecule has 1 fully saturated rings. The zero-order valence-electron chi connectivity index (χ0n) is 20.7. The Kier molecular flexibility index (Phi) is 6.54. The third-order valence-corrected chi connectivity index (χ3v) is 6.99. The number of hydrogen-bond acceptors (Lipinski definition) is 6. The van der Waals surface area contributed by atoms with Gasteiger partial charge < -0.3 is 20.4 Å². The van der Waals surface area contributed by atoms with E-state index >= 15 is 0 Å². The summed E-state index contributed by atoms with van der Waals surface area (Å²) in [4.78, 5) is 11.6. The monoisotopic (exact) mass is 494 g/mol. The summed E-state index contributed by atoms with van der Waals surface area (Å²) in [6.45, 7) is 2.29. The molecule has 1 heterocycles. The standard InChI is InChI=1S/C30H30N4O3/c1-20-27(19-34(32)18-26(31)17-21-5-3-2-4-6-21)28(37-33-20)24-9-7-22(8-10-24)23-11-13-25(14-12-23)30(15-16-30)29(35)36/h2-14,18H,15-17,19,31-32H2,1H3,(H,35,36)/b26-18-. The van der Waals surface area contributed by atoms with Gasteiger partial charge in [0.25, 0.3) is 0 Å². The van der Waals surface area contributed by atoms with Crippen LogP contribution in [0.4, 0.5) is 0 Å². The largest absolute Gasteiger partial charge is 0.481 e. The van der Waals surface area contributed by atoms with E-state index in [4.69, 9.17) is 16.1 Å². The minimum absolute atomic E-state index is 0.398. The summed E-state index contributed by atoms with van der Waals surface area (Å²) in [7, 11) is 0. The molecule has 0 bridgehead atoms. The topological polar surface area (TPSA) is 119 Å². The number of hydrazine groups is 1. The van der Waals surface area contributed by atoms with E-state index in [2.05, 4.69) is 5.16 Å². The number of benzene rings is 3. The Hall–Kier alpha value is -4.36. The van der Waals surface area contributed by atoms with E-state index in [0.717, 1.165) is 39.1 Å². The Labute approximate surface area is 216 Å². The first-order valence-corrected chi connectivity index (χ1v) is 12.3. The van der Waals surface area contributed by atoms with Crippen LogP contribution in [0.2, 0.25) is 0 Å². The molecule has 0 amide bonds. The maximum Gasteiger partial charge on any atom is 0.314 e. The lowest BCUT2D eigenvalue weighted by atomic mass is 9.93. The van der Waals surface area contributed by atoms with Crippen LogP contribution in [0, 0.1) is 6.92 Å². The van der Waals surface area contributed by atoms with Crippen molar-refractivity contribution >= 4 is 5.97 Å². The summed E-state index contributed by atoms with van der Waals surface area (Å²) in [5.41, 5.74) is 12.8. The van der Waals surface area contributed by atoms with Crippen molar-refractivity contribution in [3.8, 4) is 22.5 Å². The minimum Gasteiger partial charge on any atom is -0.481 e. The maximum atomic E-state index is 11.6. The number of aromatic nitrogens is 1. The number of carbonyl (C=O) groups is 1. The van der Waals surface area contributed by atoms with Crippen molar-refractivity contribution in [2.75, 3.05) is 0 Å². The molecule has 5 N–H and O–H groups in total. The van der Waals surface area contributed by atoms with E-state index in [1.807, 2.05) is 85.8 Å². The van der Waals surface area contributed by atoms with E-state index in [1.54, 1.807) is 11.2 Å². The quantitative estimate of drug-likeness (QED) is 0.217. The van der Waals surface area contributed by atoms with Crippen LogP contribution in [0.1, 0.15) is 35.2 Å². The number of aliphatic carboxylic acids is 1. The van der Waals surface area contributed by atoms with E-state index in [1.165, 1.54) is 0 Å². The maximum absolute atomic E-state index is 11.6. The van der Waals surface area contributed by atoms with Crippen LogP contribution < -0.4 is 11.6 Å². The molecule has 1 aliphatic rings. The van der Waals surface area contributed by atoms with Crippen LogP contribution in [-0.2, 0) is 23.2 Å². The molecule has 1 saturated carbocycles. The lowest BCUT2D eigenvalue weighted by molar-refractivity contribution is -0.140. The van der Waals surface area contributed by atoms with E-state index < -0.39 is 11.4 Å². The summed E-state index contributed by atoms with van der Waals surface area (Å²) < 4.78 is 5.67. The summed E-state index contributed by atoms with van der Waals surface area (Å²) in [6.07, 6.45) is 3.76. The van der Waals surface area contributed by atoms with Gasteiger partial charge in [-0.1, -0.05) is 84.0 Å². The molecule has 0 atom stereocenters. The fourth-order valence-electron chi connectivity index (χ4n) is 4.67. The molecule has 5 rings (SSSR count). The van der Waals surface area contributed by atoms with Gasteiger partial charge in [-0.05, 0) is 42.0 Å². The molecule has 1 aromatic heterocycles. The predicted octanol–water partition coefficient (Wildman–Crippen LogP) is 5.15. The normalized spacial score (nSPS) is 14.4. The number of nitrogens with zero attached hydrogens (tertiary/aromatic N) is 2. The van der Waals surface area contributed by atoms with Gasteiger partial charge in [0, 0.05) is 29.4 Å². The van der Waals surface area contributed by atoms with Gasteiger partial charge in [0.1, 0.15) is 0 Å². The molecule has 0 radical (unpaired) electrons. The number of rotatable bonds is 9. The molecule has 7 heteroatoms. The molecular formula is C30H30N4O3. The van der Waals surface area contributed by atoms with Crippen LogP contribution in [-0.4, -0.2) is 21.2 Å². The van der Waals surface area contributed by atoms with E-state index in [9.17, 15) is 9.90 Å². The van der Waals surface area contributed by atoms with Crippen molar-refractivity contribution in [1.29, 1.82) is 0 Å². The molecule has 0 spiro atoms. The average molecular weight is 495 g/mol. The van der Waals surface area contributed by atoms with Crippen molar-refractivity contribution < 1.29 is 14.4 Å². The van der Waals surface area contributed by atoms with Crippen LogP contribution in [0.3, 0.4) is 0 Å². The van der Waals surface area contributed by atoms with Gasteiger partial charge in [0.05, 0.1) is 17.7 Å². The Morgan fingerprint density at radius 2 is 1.59 bits per heavy atom. The van der Waals surface area contributed by atoms with Crippen molar-refractivity contribution in [1.82, 2.24) is 10.2 Å². The number of carboxylic acids is 1. The third-order valence-electron chi connectivity index (χ3n) is 6.99. The molecule has 3 aromatic carbocycles. The number of carboxylic acid groups (broad SMARTS) is 1. The molecule has 188 valence electrons. The van der Waals surface area contributed by atoms with Gasteiger partial charge in [-0.25, -0.2) is 5.84 Å². The number of nitrogens with two attached hydrogens (primary N) is 2. The summed E-state index contributed by atoms with van der Waals surface area (Å²) in [5, 5.41) is 15.3. The van der Waals surface area contributed by atoms with Gasteiger partial charge in [-0.2, -0.15) is 0 Å². The first-order chi connectivity index (χ1) is 17.9. The second-order valence-electron chi connectivity index (χ2n) is 9.66. The Balaban J connectivity index is 1.30. The third kappa shape index (κ3) is 5.13. The van der Waals surface area contributed by atoms with Crippen molar-refractivity contribution in [3.05, 3.63) is 113 Å². The summed E-state index contributed by atoms with van der Waals surface area (Å²) in [6, 6.07) is 25.8. The Morgan fingerprint density at radius 3 is 2.19 bits per heavy atom. The molecule has 0 aliphatic heterocycles. The van der Waals surface area contributed by atoms with Crippen molar-refractivity contribution in [2.24, 2.45) is 11.6 Å². The molecule has 37 heavy (non-hydrogen) atoms. The first kappa shape index (κ1) is 24.3. The minimum atomic E-state index is -0.742. The van der Waals surface area contributed by atoms with Crippen molar-refractivity contribution in [3.63, 3.8) is 0 Å². The van der Waals surface area contributed by atoms with Gasteiger partial charge in [0.2, 0.25) is 0 Å². The van der Waals surface area contributed by atoms with Crippen molar-refractivity contribution in [2.45, 2.75) is 38.1 Å². The van der Waals surface area contributed by atoms with Gasteiger partial charge in [0.15, 0.2) is 5.76 Å². The number of hydrogen-bond donors (Lipinski definition) is 3. The second kappa shape index (κ2) is 9.95. The van der Waals surface area contributed by atoms with Crippen LogP contribution >= 0.6 is 0 Å². The highest BCUT2D eigenvalue weighted by Gasteiger charge is 2.51. The highest BCUT2D eigenvalue weighted by atomic mass is 16.5. The van der Waals surface area contributed by atoms with Gasteiger partial charge in [-0.3, -0.25) is 4.79 Å². The Bertz CT molecular complexity index is 1420. The molecule has 4 aromatic rings. The predicted molar refractivity (Wildman–Crippen MR) is 143 cm³/mol. The SMILES string of the molecule is Cc1noc(-c2ccc(-c3ccc(C4(C(=O)O)CC4)cc3)cc2)c1CN(N)/C=C(\N)Cc1ccccc1. The van der Waals surface area contributed by atoms with Crippen LogP contribution in [0.15, 0.2) is 95.3 Å². The first-order valence-electron chi connectivity index (χ1n) is 12.3. The second-order valence-corrected chi connectivity index (χ2v) is 9.66. The Morgan fingerprint density at radius 1 is 1.00 bits per heavy atom. The molecular weight excluding hydrogens is 464 g/mol. The highest BCUT2D eigenvalue weighted by molar-refractivity contribution is 5.85. The summed E-state index contributed by atoms with van der Waals surface area (Å²) >= 11 is 0. The molecule has 7 nitrogen and oxygen atoms in total. The lowest BCUT2D eigenvalue weighted by Crippen LogP contribution is -2.26. The lowest BCUT2D eigenvalue weighted by Gasteiger charge is -2.15. The van der Waals surface area contributed by atoms with Gasteiger partial charge in [-0.15, -0.1) is 0 Å². The number of aryl methyl sites for hydroxylation is 1. The van der Waals surface area contributed by atoms with E-state index in [0.29, 0.717) is 37.3 Å². The average Bonchev–Trinajstić information content (AvgIpc) is 3.64. The fraction of sp³-hybridized carbons (Fsp3) is 0.200. The molecule has 1 aliphatic carbocycles.